The Morgan fingerprint density at radius 3 is 2.09 bits per heavy atom. The summed E-state index contributed by atoms with van der Waals surface area (Å²) in [4.78, 5) is 9.88. The van der Waals surface area contributed by atoms with Crippen LogP contribution >= 0.6 is 0 Å². The summed E-state index contributed by atoms with van der Waals surface area (Å²) < 4.78 is 0. The van der Waals surface area contributed by atoms with Crippen LogP contribution in [0.25, 0.3) is 0 Å². The first-order chi connectivity index (χ1) is 5.16. The van der Waals surface area contributed by atoms with Crippen molar-refractivity contribution < 1.29 is 20.1 Å². The molecule has 0 aliphatic carbocycles. The van der Waals surface area contributed by atoms with Crippen molar-refractivity contribution in [3.63, 3.8) is 0 Å². The predicted molar refractivity (Wildman–Crippen MR) is 38.8 cm³/mol. The van der Waals surface area contributed by atoms with E-state index >= 15 is 0 Å². The molecule has 0 fully saturated rings. The molecule has 1 unspecified atom stereocenters. The van der Waals surface area contributed by atoms with Crippen molar-refractivity contribution in [1.82, 2.24) is 0 Å². The fourth-order valence-corrected chi connectivity index (χ4v) is 0.748. The highest BCUT2D eigenvalue weighted by Gasteiger charge is 2.01. The number of hydrogen-bond donors (Lipinski definition) is 3. The first kappa shape index (κ1) is 10.6. The third-order valence-electron chi connectivity index (χ3n) is 1.37. The SMILES string of the molecule is O=CC(O)CCCCC(O)O. The average Bonchev–Trinajstić information content (AvgIpc) is 1.97. The lowest BCUT2D eigenvalue weighted by atomic mass is 10.1. The molecule has 4 nitrogen and oxygen atoms in total. The van der Waals surface area contributed by atoms with Crippen LogP contribution in [0, 0.1) is 0 Å². The summed E-state index contributed by atoms with van der Waals surface area (Å²) in [5.74, 6) is 0. The number of aliphatic hydroxyl groups is 3. The Bertz CT molecular complexity index is 103. The summed E-state index contributed by atoms with van der Waals surface area (Å²) in [7, 11) is 0. The lowest BCUT2D eigenvalue weighted by Gasteiger charge is -2.03. The van der Waals surface area contributed by atoms with E-state index in [0.717, 1.165) is 0 Å². The molecule has 0 radical (unpaired) electrons. The highest BCUT2D eigenvalue weighted by Crippen LogP contribution is 2.03. The Hall–Kier alpha value is -0.450. The van der Waals surface area contributed by atoms with Crippen molar-refractivity contribution in [2.75, 3.05) is 0 Å². The highest BCUT2D eigenvalue weighted by atomic mass is 16.5. The van der Waals surface area contributed by atoms with Gasteiger partial charge in [-0.1, -0.05) is 6.42 Å². The van der Waals surface area contributed by atoms with Gasteiger partial charge in [0.15, 0.2) is 6.29 Å². The minimum Gasteiger partial charge on any atom is -0.386 e. The number of aliphatic hydroxyl groups excluding tert-OH is 2. The van der Waals surface area contributed by atoms with Crippen LogP contribution in [0.4, 0.5) is 0 Å². The molecule has 0 saturated heterocycles. The van der Waals surface area contributed by atoms with Gasteiger partial charge in [-0.25, -0.2) is 0 Å². The summed E-state index contributed by atoms with van der Waals surface area (Å²) in [5.41, 5.74) is 0. The Labute approximate surface area is 65.5 Å². The van der Waals surface area contributed by atoms with E-state index < -0.39 is 12.4 Å². The van der Waals surface area contributed by atoms with Crippen LogP contribution in [0.15, 0.2) is 0 Å². The number of unbranched alkanes of at least 4 members (excludes halogenated alkanes) is 1. The quantitative estimate of drug-likeness (QED) is 0.277. The maximum absolute atomic E-state index is 9.88. The zero-order valence-electron chi connectivity index (χ0n) is 6.31. The second kappa shape index (κ2) is 6.27. The second-order valence-corrected chi connectivity index (χ2v) is 2.47. The standard InChI is InChI=1S/C7H14O4/c8-5-6(9)3-1-2-4-7(10)11/h5-7,9-11H,1-4H2. The first-order valence-corrected chi connectivity index (χ1v) is 3.66. The van der Waals surface area contributed by atoms with E-state index in [1.807, 2.05) is 0 Å². The minimum absolute atomic E-state index is 0.297. The predicted octanol–water partition coefficient (Wildman–Crippen LogP) is -0.583. The molecule has 3 N–H and O–H groups in total. The Morgan fingerprint density at radius 1 is 1.09 bits per heavy atom. The van der Waals surface area contributed by atoms with Crippen LogP contribution in [-0.2, 0) is 4.79 Å². The van der Waals surface area contributed by atoms with E-state index in [0.29, 0.717) is 32.0 Å². The van der Waals surface area contributed by atoms with Crippen molar-refractivity contribution >= 4 is 6.29 Å². The molecule has 0 bridgehead atoms. The van der Waals surface area contributed by atoms with Gasteiger partial charge in [0, 0.05) is 0 Å². The minimum atomic E-state index is -1.27. The molecule has 0 aliphatic heterocycles. The van der Waals surface area contributed by atoms with E-state index in [2.05, 4.69) is 0 Å². The highest BCUT2D eigenvalue weighted by molar-refractivity contribution is 5.55. The van der Waals surface area contributed by atoms with Crippen molar-refractivity contribution in [3.05, 3.63) is 0 Å². The lowest BCUT2D eigenvalue weighted by molar-refractivity contribution is -0.115. The molecular weight excluding hydrogens is 148 g/mol. The number of carbonyl (C=O) groups excluding carboxylic acids is 1. The molecule has 0 aliphatic rings. The Kier molecular flexibility index (Phi) is 6.02. The fourth-order valence-electron chi connectivity index (χ4n) is 0.748. The molecule has 11 heavy (non-hydrogen) atoms. The zero-order chi connectivity index (χ0) is 8.69. The molecule has 0 aromatic heterocycles. The van der Waals surface area contributed by atoms with Gasteiger partial charge in [0.25, 0.3) is 0 Å². The Morgan fingerprint density at radius 2 is 1.64 bits per heavy atom. The van der Waals surface area contributed by atoms with Gasteiger partial charge < -0.3 is 20.1 Å². The molecule has 0 aromatic carbocycles. The maximum atomic E-state index is 9.88. The van der Waals surface area contributed by atoms with Gasteiger partial charge in [-0.15, -0.1) is 0 Å². The van der Waals surface area contributed by atoms with Gasteiger partial charge in [-0.2, -0.15) is 0 Å². The van der Waals surface area contributed by atoms with Crippen LogP contribution < -0.4 is 0 Å². The monoisotopic (exact) mass is 162 g/mol. The third-order valence-corrected chi connectivity index (χ3v) is 1.37. The molecule has 0 saturated carbocycles. The van der Waals surface area contributed by atoms with Crippen LogP contribution in [0.5, 0.6) is 0 Å². The lowest BCUT2D eigenvalue weighted by Crippen LogP contribution is -2.08. The number of aldehydes is 1. The summed E-state index contributed by atoms with van der Waals surface area (Å²) in [6.45, 7) is 0. The molecule has 0 amide bonds. The maximum Gasteiger partial charge on any atom is 0.151 e. The van der Waals surface area contributed by atoms with Crippen LogP contribution in [-0.4, -0.2) is 34.0 Å². The van der Waals surface area contributed by atoms with Crippen molar-refractivity contribution in [2.45, 2.75) is 38.1 Å². The Balaban J connectivity index is 3.07. The molecule has 0 rings (SSSR count). The summed E-state index contributed by atoms with van der Waals surface area (Å²) >= 11 is 0. The molecule has 4 heteroatoms. The summed E-state index contributed by atoms with van der Waals surface area (Å²) in [6, 6.07) is 0. The zero-order valence-corrected chi connectivity index (χ0v) is 6.31. The third kappa shape index (κ3) is 7.45. The normalized spacial score (nSPS) is 13.5. The van der Waals surface area contributed by atoms with E-state index in [1.165, 1.54) is 0 Å². The van der Waals surface area contributed by atoms with Crippen molar-refractivity contribution in [1.29, 1.82) is 0 Å². The largest absolute Gasteiger partial charge is 0.386 e. The number of carbonyl (C=O) groups is 1. The van der Waals surface area contributed by atoms with Crippen LogP contribution in [0.3, 0.4) is 0 Å². The second-order valence-electron chi connectivity index (χ2n) is 2.47. The molecule has 0 heterocycles. The van der Waals surface area contributed by atoms with Gasteiger partial charge in [-0.3, -0.25) is 0 Å². The van der Waals surface area contributed by atoms with Gasteiger partial charge in [-0.05, 0) is 19.3 Å². The topological polar surface area (TPSA) is 77.8 Å². The van der Waals surface area contributed by atoms with Gasteiger partial charge in [0.2, 0.25) is 0 Å². The smallest absolute Gasteiger partial charge is 0.151 e. The van der Waals surface area contributed by atoms with Gasteiger partial charge in [0.05, 0.1) is 0 Å². The average molecular weight is 162 g/mol. The van der Waals surface area contributed by atoms with E-state index in [9.17, 15) is 4.79 Å². The summed E-state index contributed by atoms with van der Waals surface area (Å²) in [5, 5.41) is 25.5. The van der Waals surface area contributed by atoms with Gasteiger partial charge in [0.1, 0.15) is 12.4 Å². The number of hydrogen-bond acceptors (Lipinski definition) is 4. The van der Waals surface area contributed by atoms with E-state index in [1.54, 1.807) is 0 Å². The van der Waals surface area contributed by atoms with Gasteiger partial charge >= 0.3 is 0 Å². The molecule has 1 atom stereocenters. The van der Waals surface area contributed by atoms with Crippen molar-refractivity contribution in [3.8, 4) is 0 Å². The number of rotatable bonds is 6. The fraction of sp³-hybridized carbons (Fsp3) is 0.857. The molecular formula is C7H14O4. The molecule has 66 valence electrons. The van der Waals surface area contributed by atoms with Crippen LogP contribution in [0.2, 0.25) is 0 Å². The van der Waals surface area contributed by atoms with Crippen LogP contribution in [0.1, 0.15) is 25.7 Å². The molecule has 0 spiro atoms. The van der Waals surface area contributed by atoms with Crippen molar-refractivity contribution in [2.24, 2.45) is 0 Å². The van der Waals surface area contributed by atoms with E-state index in [4.69, 9.17) is 15.3 Å². The summed E-state index contributed by atoms with van der Waals surface area (Å²) in [6.07, 6.45) is 0.256. The first-order valence-electron chi connectivity index (χ1n) is 3.66. The van der Waals surface area contributed by atoms with E-state index in [-0.39, 0.29) is 0 Å². The molecule has 0 aromatic rings.